The summed E-state index contributed by atoms with van der Waals surface area (Å²) >= 11 is 7.33. The normalized spacial score (nSPS) is 17.6. The molecule has 0 spiro atoms. The highest BCUT2D eigenvalue weighted by Gasteiger charge is 2.34. The number of anilines is 1. The number of nitro groups is 1. The highest BCUT2D eigenvalue weighted by Crippen LogP contribution is 2.32. The lowest BCUT2D eigenvalue weighted by Crippen LogP contribution is -2.40. The first kappa shape index (κ1) is 27.8. The van der Waals surface area contributed by atoms with Gasteiger partial charge in [0, 0.05) is 41.5 Å². The number of hydrogen-bond acceptors (Lipinski definition) is 8. The first-order valence-electron chi connectivity index (χ1n) is 13.2. The number of carbonyl (C=O) groups excluding carboxylic acids is 1. The van der Waals surface area contributed by atoms with E-state index in [2.05, 4.69) is 9.89 Å². The van der Waals surface area contributed by atoms with Crippen LogP contribution in [0.15, 0.2) is 63.5 Å². The predicted molar refractivity (Wildman–Crippen MR) is 156 cm³/mol. The monoisotopic (exact) mass is 580 g/mol. The van der Waals surface area contributed by atoms with Crippen molar-refractivity contribution in [3.8, 4) is 0 Å². The van der Waals surface area contributed by atoms with Crippen LogP contribution < -0.4 is 19.8 Å². The third-order valence-corrected chi connectivity index (χ3v) is 8.21. The van der Waals surface area contributed by atoms with E-state index in [1.165, 1.54) is 28.0 Å². The zero-order chi connectivity index (χ0) is 28.6. The summed E-state index contributed by atoms with van der Waals surface area (Å²) in [5.41, 5.74) is 2.48. The van der Waals surface area contributed by atoms with Gasteiger partial charge in [0.15, 0.2) is 4.80 Å². The zero-order valence-corrected chi connectivity index (χ0v) is 24.0. The third kappa shape index (κ3) is 5.46. The van der Waals surface area contributed by atoms with Gasteiger partial charge < -0.3 is 9.64 Å². The molecule has 2 aliphatic heterocycles. The lowest BCUT2D eigenvalue weighted by Gasteiger charge is -2.30. The lowest BCUT2D eigenvalue weighted by molar-refractivity contribution is -0.384. The number of fused-ring (bicyclic) bond motifs is 1. The average molecular weight is 581 g/mol. The molecule has 2 aliphatic rings. The number of nitrogens with zero attached hydrogens (tertiary/aromatic N) is 4. The van der Waals surface area contributed by atoms with Crippen molar-refractivity contribution in [1.29, 1.82) is 0 Å². The molecule has 1 saturated heterocycles. The van der Waals surface area contributed by atoms with Gasteiger partial charge >= 0.3 is 5.97 Å². The van der Waals surface area contributed by atoms with E-state index in [1.54, 1.807) is 57.2 Å². The molecule has 208 valence electrons. The van der Waals surface area contributed by atoms with Crippen molar-refractivity contribution in [2.45, 2.75) is 52.2 Å². The van der Waals surface area contributed by atoms with Gasteiger partial charge in [-0.3, -0.25) is 19.5 Å². The van der Waals surface area contributed by atoms with E-state index < -0.39 is 16.9 Å². The molecule has 11 heteroatoms. The van der Waals surface area contributed by atoms with Gasteiger partial charge in [0.2, 0.25) is 0 Å². The topological polar surface area (TPSA) is 107 Å². The van der Waals surface area contributed by atoms with Gasteiger partial charge in [0.1, 0.15) is 0 Å². The molecule has 0 bridgehead atoms. The maximum Gasteiger partial charge on any atom is 0.338 e. The van der Waals surface area contributed by atoms with Gasteiger partial charge in [-0.1, -0.05) is 35.1 Å². The standard InChI is InChI=1S/C29H29ClN4O5S/c1-17(2)39-28(36)25-18(3)31-29-33(26(25)19-7-9-21(30)10-8-19)27(35)24(40-29)16-20-15-22(34(37)38)11-12-23(20)32-13-5-4-6-14-32/h7-12,15-17,26H,4-6,13-14H2,1-3H3. The molecule has 0 N–H and O–H groups in total. The van der Waals surface area contributed by atoms with Crippen LogP contribution in [0.4, 0.5) is 11.4 Å². The molecular formula is C29H29ClN4O5S. The molecule has 5 rings (SSSR count). The van der Waals surface area contributed by atoms with E-state index in [-0.39, 0.29) is 22.9 Å². The Labute approximate surface area is 239 Å². The van der Waals surface area contributed by atoms with Gasteiger partial charge in [0.25, 0.3) is 11.2 Å². The van der Waals surface area contributed by atoms with Gasteiger partial charge in [-0.25, -0.2) is 9.79 Å². The summed E-state index contributed by atoms with van der Waals surface area (Å²) < 4.78 is 7.40. The highest BCUT2D eigenvalue weighted by molar-refractivity contribution is 7.07. The first-order valence-corrected chi connectivity index (χ1v) is 14.4. The van der Waals surface area contributed by atoms with Crippen molar-refractivity contribution in [3.63, 3.8) is 0 Å². The number of thiazole rings is 1. The van der Waals surface area contributed by atoms with E-state index in [0.717, 1.165) is 38.0 Å². The fourth-order valence-electron chi connectivity index (χ4n) is 5.16. The molecule has 3 aromatic rings. The fraction of sp³-hybridized carbons (Fsp3) is 0.345. The summed E-state index contributed by atoms with van der Waals surface area (Å²) in [6, 6.07) is 11.0. The molecule has 0 saturated carbocycles. The van der Waals surface area contributed by atoms with Crippen LogP contribution in [0.3, 0.4) is 0 Å². The largest absolute Gasteiger partial charge is 0.459 e. The molecule has 9 nitrogen and oxygen atoms in total. The Morgan fingerprint density at radius 3 is 2.52 bits per heavy atom. The van der Waals surface area contributed by atoms with Crippen LogP contribution in [-0.4, -0.2) is 34.7 Å². The van der Waals surface area contributed by atoms with Crippen LogP contribution in [-0.2, 0) is 9.53 Å². The number of allylic oxidation sites excluding steroid dienone is 1. The number of hydrogen-bond donors (Lipinski definition) is 0. The minimum absolute atomic E-state index is 0.0478. The Bertz CT molecular complexity index is 1680. The molecule has 2 aromatic carbocycles. The summed E-state index contributed by atoms with van der Waals surface area (Å²) in [6.07, 6.45) is 4.56. The van der Waals surface area contributed by atoms with E-state index in [1.807, 2.05) is 0 Å². The van der Waals surface area contributed by atoms with Crippen molar-refractivity contribution in [2.75, 3.05) is 18.0 Å². The SMILES string of the molecule is CC1=C(C(=O)OC(C)C)C(c2ccc(Cl)cc2)n2c(sc(=Cc3cc([N+](=O)[O-])ccc3N3CCCCC3)c2=O)=N1. The Balaban J connectivity index is 1.71. The van der Waals surface area contributed by atoms with Crippen molar-refractivity contribution < 1.29 is 14.5 Å². The predicted octanol–water partition coefficient (Wildman–Crippen LogP) is 4.74. The molecular weight excluding hydrogens is 552 g/mol. The number of benzene rings is 2. The van der Waals surface area contributed by atoms with E-state index >= 15 is 0 Å². The average Bonchev–Trinajstić information content (AvgIpc) is 3.22. The number of piperidine rings is 1. The molecule has 0 radical (unpaired) electrons. The molecule has 1 fully saturated rings. The maximum absolute atomic E-state index is 14.0. The number of esters is 1. The second-order valence-electron chi connectivity index (χ2n) is 10.1. The van der Waals surface area contributed by atoms with Crippen molar-refractivity contribution in [3.05, 3.63) is 99.7 Å². The number of ether oxygens (including phenoxy) is 1. The van der Waals surface area contributed by atoms with Crippen LogP contribution in [0.25, 0.3) is 6.08 Å². The molecule has 1 aromatic heterocycles. The minimum Gasteiger partial charge on any atom is -0.459 e. The van der Waals surface area contributed by atoms with Crippen LogP contribution in [0.2, 0.25) is 5.02 Å². The van der Waals surface area contributed by atoms with E-state index in [4.69, 9.17) is 16.3 Å². The van der Waals surface area contributed by atoms with Crippen molar-refractivity contribution in [1.82, 2.24) is 4.57 Å². The summed E-state index contributed by atoms with van der Waals surface area (Å²) in [5, 5.41) is 12.1. The van der Waals surface area contributed by atoms with Gasteiger partial charge in [-0.15, -0.1) is 0 Å². The molecule has 3 heterocycles. The number of aromatic nitrogens is 1. The number of nitro benzene ring substituents is 1. The molecule has 40 heavy (non-hydrogen) atoms. The van der Waals surface area contributed by atoms with Crippen LogP contribution >= 0.6 is 22.9 Å². The second-order valence-corrected chi connectivity index (χ2v) is 11.6. The van der Waals surface area contributed by atoms with Crippen LogP contribution in [0.5, 0.6) is 0 Å². The Kier molecular flexibility index (Phi) is 7.91. The lowest BCUT2D eigenvalue weighted by atomic mass is 9.96. The Morgan fingerprint density at radius 1 is 1.18 bits per heavy atom. The van der Waals surface area contributed by atoms with Crippen LogP contribution in [0.1, 0.15) is 57.2 Å². The van der Waals surface area contributed by atoms with Gasteiger partial charge in [-0.2, -0.15) is 0 Å². The smallest absolute Gasteiger partial charge is 0.338 e. The quantitative estimate of drug-likeness (QED) is 0.237. The first-order chi connectivity index (χ1) is 19.1. The zero-order valence-electron chi connectivity index (χ0n) is 22.4. The number of non-ortho nitro benzene ring substituents is 1. The molecule has 0 aliphatic carbocycles. The van der Waals surface area contributed by atoms with Crippen molar-refractivity contribution in [2.24, 2.45) is 4.99 Å². The van der Waals surface area contributed by atoms with E-state index in [0.29, 0.717) is 31.2 Å². The fourth-order valence-corrected chi connectivity index (χ4v) is 6.32. The number of halogens is 1. The summed E-state index contributed by atoms with van der Waals surface area (Å²) in [6.45, 7) is 6.94. The summed E-state index contributed by atoms with van der Waals surface area (Å²) in [5.74, 6) is -0.545. The molecule has 0 amide bonds. The molecule has 1 unspecified atom stereocenters. The third-order valence-electron chi connectivity index (χ3n) is 6.98. The van der Waals surface area contributed by atoms with Crippen LogP contribution in [0, 0.1) is 10.1 Å². The van der Waals surface area contributed by atoms with Crippen molar-refractivity contribution >= 4 is 46.4 Å². The van der Waals surface area contributed by atoms with Gasteiger partial charge in [-0.05, 0) is 69.9 Å². The second kappa shape index (κ2) is 11.4. The summed E-state index contributed by atoms with van der Waals surface area (Å²) in [4.78, 5) is 45.7. The van der Waals surface area contributed by atoms with E-state index in [9.17, 15) is 19.7 Å². The number of rotatable bonds is 6. The minimum atomic E-state index is -0.770. The highest BCUT2D eigenvalue weighted by atomic mass is 35.5. The maximum atomic E-state index is 14.0. The number of carbonyl (C=O) groups is 1. The molecule has 1 atom stereocenters. The summed E-state index contributed by atoms with van der Waals surface area (Å²) in [7, 11) is 0. The Morgan fingerprint density at radius 2 is 1.88 bits per heavy atom. The Hall–Kier alpha value is -3.76. The van der Waals surface area contributed by atoms with Gasteiger partial charge in [0.05, 0.1) is 32.9 Å².